The zero-order valence-corrected chi connectivity index (χ0v) is 16.6. The fourth-order valence-electron chi connectivity index (χ4n) is 3.69. The number of hydrogen-bond donors (Lipinski definition) is 1. The molecule has 9 nitrogen and oxygen atoms in total. The molecule has 0 saturated carbocycles. The van der Waals surface area contributed by atoms with Gasteiger partial charge < -0.3 is 5.32 Å². The van der Waals surface area contributed by atoms with Crippen LogP contribution in [0.1, 0.15) is 15.9 Å². The molecule has 0 aliphatic heterocycles. The molecule has 0 atom stereocenters. The fourth-order valence-corrected chi connectivity index (χ4v) is 3.69. The van der Waals surface area contributed by atoms with Gasteiger partial charge in [-0.2, -0.15) is 0 Å². The van der Waals surface area contributed by atoms with Crippen molar-refractivity contribution in [3.8, 4) is 0 Å². The van der Waals surface area contributed by atoms with Crippen molar-refractivity contribution < 1.29 is 4.79 Å². The Balaban J connectivity index is 1.40. The molecule has 9 heteroatoms. The van der Waals surface area contributed by atoms with Gasteiger partial charge in [0, 0.05) is 18.9 Å². The van der Waals surface area contributed by atoms with Crippen LogP contribution in [0.2, 0.25) is 0 Å². The zero-order valence-electron chi connectivity index (χ0n) is 16.6. The predicted octanol–water partition coefficient (Wildman–Crippen LogP) is 1.40. The molecule has 5 rings (SSSR count). The summed E-state index contributed by atoms with van der Waals surface area (Å²) in [6.45, 7) is 2.21. The lowest BCUT2D eigenvalue weighted by Gasteiger charge is -2.05. The SMILES string of the molecule is Cc1cc2ccccc2n2c(=O)n(CCNC(=O)c3cnc4ccccn4c3=O)nc12. The first-order chi connectivity index (χ1) is 15.0. The van der Waals surface area contributed by atoms with Crippen molar-refractivity contribution in [2.75, 3.05) is 6.54 Å². The van der Waals surface area contributed by atoms with Crippen LogP contribution >= 0.6 is 0 Å². The first-order valence-electron chi connectivity index (χ1n) is 9.77. The van der Waals surface area contributed by atoms with E-state index in [0.29, 0.717) is 11.3 Å². The molecular formula is C22H18N6O3. The minimum absolute atomic E-state index is 0.0621. The molecule has 1 amide bonds. The van der Waals surface area contributed by atoms with E-state index in [9.17, 15) is 14.4 Å². The molecule has 4 heterocycles. The van der Waals surface area contributed by atoms with Gasteiger partial charge in [-0.25, -0.2) is 18.9 Å². The largest absolute Gasteiger partial charge is 0.350 e. The summed E-state index contributed by atoms with van der Waals surface area (Å²) in [7, 11) is 0. The normalized spacial score (nSPS) is 11.4. The maximum absolute atomic E-state index is 12.9. The van der Waals surface area contributed by atoms with E-state index >= 15 is 0 Å². The molecule has 31 heavy (non-hydrogen) atoms. The van der Waals surface area contributed by atoms with Crippen molar-refractivity contribution in [3.63, 3.8) is 0 Å². The average Bonchev–Trinajstić information content (AvgIpc) is 3.11. The van der Waals surface area contributed by atoms with E-state index in [2.05, 4.69) is 15.4 Å². The third kappa shape index (κ3) is 3.07. The molecule has 154 valence electrons. The van der Waals surface area contributed by atoms with Crippen LogP contribution in [0.4, 0.5) is 0 Å². The number of rotatable bonds is 4. The van der Waals surface area contributed by atoms with E-state index in [1.165, 1.54) is 15.3 Å². The molecule has 0 bridgehead atoms. The van der Waals surface area contributed by atoms with Gasteiger partial charge in [-0.1, -0.05) is 24.3 Å². The maximum atomic E-state index is 12.9. The van der Waals surface area contributed by atoms with Crippen LogP contribution in [-0.2, 0) is 6.54 Å². The summed E-state index contributed by atoms with van der Waals surface area (Å²) in [4.78, 5) is 42.1. The second-order valence-corrected chi connectivity index (χ2v) is 7.21. The van der Waals surface area contributed by atoms with Gasteiger partial charge in [-0.15, -0.1) is 5.10 Å². The number of aryl methyl sites for hydroxylation is 1. The second-order valence-electron chi connectivity index (χ2n) is 7.21. The highest BCUT2D eigenvalue weighted by Gasteiger charge is 2.15. The smallest absolute Gasteiger partial charge is 0.350 e. The Bertz CT molecular complexity index is 1590. The monoisotopic (exact) mass is 414 g/mol. The highest BCUT2D eigenvalue weighted by atomic mass is 16.2. The van der Waals surface area contributed by atoms with E-state index in [0.717, 1.165) is 16.5 Å². The molecule has 1 aromatic carbocycles. The fraction of sp³-hybridized carbons (Fsp3) is 0.136. The van der Waals surface area contributed by atoms with Crippen LogP contribution in [0.3, 0.4) is 0 Å². The molecule has 0 saturated heterocycles. The quantitative estimate of drug-likeness (QED) is 0.479. The van der Waals surface area contributed by atoms with Crippen molar-refractivity contribution >= 4 is 28.1 Å². The summed E-state index contributed by atoms with van der Waals surface area (Å²) < 4.78 is 4.21. The van der Waals surface area contributed by atoms with E-state index in [4.69, 9.17) is 0 Å². The highest BCUT2D eigenvalue weighted by Crippen LogP contribution is 2.17. The number of carbonyl (C=O) groups excluding carboxylic acids is 1. The van der Waals surface area contributed by atoms with Crippen LogP contribution in [0.15, 0.2) is 70.5 Å². The van der Waals surface area contributed by atoms with Gasteiger partial charge in [0.2, 0.25) is 0 Å². The summed E-state index contributed by atoms with van der Waals surface area (Å²) in [6, 6.07) is 14.7. The maximum Gasteiger partial charge on any atom is 0.350 e. The van der Waals surface area contributed by atoms with Gasteiger partial charge >= 0.3 is 5.69 Å². The lowest BCUT2D eigenvalue weighted by molar-refractivity contribution is 0.0949. The van der Waals surface area contributed by atoms with Gasteiger partial charge in [0.25, 0.3) is 11.5 Å². The number of para-hydroxylation sites is 1. The van der Waals surface area contributed by atoms with Crippen molar-refractivity contribution in [1.82, 2.24) is 28.9 Å². The number of nitrogens with zero attached hydrogens (tertiary/aromatic N) is 5. The lowest BCUT2D eigenvalue weighted by Crippen LogP contribution is -2.35. The lowest BCUT2D eigenvalue weighted by atomic mass is 10.1. The van der Waals surface area contributed by atoms with Crippen LogP contribution in [-0.4, -0.2) is 36.0 Å². The minimum atomic E-state index is -0.547. The minimum Gasteiger partial charge on any atom is -0.350 e. The molecule has 0 spiro atoms. The Morgan fingerprint density at radius 1 is 1.10 bits per heavy atom. The number of carbonyl (C=O) groups is 1. The van der Waals surface area contributed by atoms with E-state index < -0.39 is 11.5 Å². The Morgan fingerprint density at radius 3 is 2.77 bits per heavy atom. The van der Waals surface area contributed by atoms with Crippen LogP contribution in [0.25, 0.3) is 22.2 Å². The topological polar surface area (TPSA) is 103 Å². The first kappa shape index (κ1) is 18.7. The Labute approximate surface area is 175 Å². The molecule has 0 fully saturated rings. The molecule has 5 aromatic rings. The third-order valence-corrected chi connectivity index (χ3v) is 5.21. The Morgan fingerprint density at radius 2 is 1.90 bits per heavy atom. The standard InChI is InChI=1S/C22H18N6O3/c1-14-12-15-6-2-3-7-17(15)28-19(14)25-27(22(28)31)11-9-23-20(29)16-13-24-18-8-4-5-10-26(18)21(16)30/h2-8,10,12-13H,9,11H2,1H3,(H,23,29). The van der Waals surface area contributed by atoms with Gasteiger partial charge in [-0.05, 0) is 42.1 Å². The molecular weight excluding hydrogens is 396 g/mol. The van der Waals surface area contributed by atoms with Crippen LogP contribution in [0, 0.1) is 6.92 Å². The Kier molecular flexibility index (Phi) is 4.36. The third-order valence-electron chi connectivity index (χ3n) is 5.21. The van der Waals surface area contributed by atoms with Crippen LogP contribution < -0.4 is 16.6 Å². The number of hydrogen-bond acceptors (Lipinski definition) is 5. The summed E-state index contributed by atoms with van der Waals surface area (Å²) in [6.07, 6.45) is 2.82. The van der Waals surface area contributed by atoms with E-state index in [-0.39, 0.29) is 24.3 Å². The van der Waals surface area contributed by atoms with Crippen molar-refractivity contribution in [2.24, 2.45) is 0 Å². The average molecular weight is 414 g/mol. The van der Waals surface area contributed by atoms with E-state index in [1.54, 1.807) is 28.8 Å². The number of fused-ring (bicyclic) bond motifs is 4. The number of nitrogens with one attached hydrogen (secondary N) is 1. The molecule has 0 aliphatic carbocycles. The van der Waals surface area contributed by atoms with Gasteiger partial charge in [0.15, 0.2) is 5.65 Å². The summed E-state index contributed by atoms with van der Waals surface area (Å²) in [5.74, 6) is -0.547. The molecule has 4 aromatic heterocycles. The predicted molar refractivity (Wildman–Crippen MR) is 115 cm³/mol. The molecule has 0 radical (unpaired) electrons. The van der Waals surface area contributed by atoms with Gasteiger partial charge in [0.05, 0.1) is 12.1 Å². The molecule has 0 aliphatic rings. The van der Waals surface area contributed by atoms with Crippen molar-refractivity contribution in [3.05, 3.63) is 92.9 Å². The summed E-state index contributed by atoms with van der Waals surface area (Å²) >= 11 is 0. The zero-order chi connectivity index (χ0) is 21.5. The van der Waals surface area contributed by atoms with Gasteiger partial charge in [-0.3, -0.25) is 14.0 Å². The number of pyridine rings is 2. The number of aromatic nitrogens is 5. The van der Waals surface area contributed by atoms with E-state index in [1.807, 2.05) is 37.3 Å². The Hall–Kier alpha value is -4.27. The van der Waals surface area contributed by atoms with Crippen molar-refractivity contribution in [1.29, 1.82) is 0 Å². The molecule has 1 N–H and O–H groups in total. The molecule has 0 unspecified atom stereocenters. The summed E-state index contributed by atoms with van der Waals surface area (Å²) in [5, 5.41) is 8.05. The van der Waals surface area contributed by atoms with Crippen LogP contribution in [0.5, 0.6) is 0 Å². The van der Waals surface area contributed by atoms with Crippen molar-refractivity contribution in [2.45, 2.75) is 13.5 Å². The number of amides is 1. The second kappa shape index (κ2) is 7.21. The highest BCUT2D eigenvalue weighted by molar-refractivity contribution is 5.93. The number of benzene rings is 1. The van der Waals surface area contributed by atoms with Gasteiger partial charge in [0.1, 0.15) is 11.2 Å². The first-order valence-corrected chi connectivity index (χ1v) is 9.77. The summed E-state index contributed by atoms with van der Waals surface area (Å²) in [5.41, 5.74) is 1.90.